The first kappa shape index (κ1) is 18.4. The van der Waals surface area contributed by atoms with Crippen LogP contribution in [0.15, 0.2) is 55.0 Å². The number of pyridine rings is 1. The van der Waals surface area contributed by atoms with E-state index in [0.717, 1.165) is 24.2 Å². The van der Waals surface area contributed by atoms with Crippen LogP contribution in [0, 0.1) is 5.82 Å². The van der Waals surface area contributed by atoms with Crippen LogP contribution in [0.1, 0.15) is 24.5 Å². The van der Waals surface area contributed by atoms with Crippen molar-refractivity contribution in [1.29, 1.82) is 0 Å². The maximum atomic E-state index is 13.9. The van der Waals surface area contributed by atoms with E-state index in [9.17, 15) is 13.2 Å². The fourth-order valence-electron chi connectivity index (χ4n) is 3.34. The van der Waals surface area contributed by atoms with E-state index in [4.69, 9.17) is 0 Å². The number of anilines is 2. The first-order valence-corrected chi connectivity index (χ1v) is 9.38. The van der Waals surface area contributed by atoms with E-state index in [-0.39, 0.29) is 11.6 Å². The van der Waals surface area contributed by atoms with Gasteiger partial charge in [0.05, 0.1) is 23.8 Å². The number of hydrogen-bond acceptors (Lipinski definition) is 5. The molecule has 1 fully saturated rings. The van der Waals surface area contributed by atoms with Gasteiger partial charge in [0, 0.05) is 17.8 Å². The molecule has 152 valence electrons. The molecule has 0 radical (unpaired) electrons. The van der Waals surface area contributed by atoms with Crippen LogP contribution in [0.5, 0.6) is 5.75 Å². The van der Waals surface area contributed by atoms with Gasteiger partial charge in [0.25, 0.3) is 0 Å². The van der Waals surface area contributed by atoms with Crippen molar-refractivity contribution in [2.75, 3.05) is 5.32 Å². The number of ether oxygens (including phenoxy) is 1. The molecule has 0 unspecified atom stereocenters. The summed E-state index contributed by atoms with van der Waals surface area (Å²) in [4.78, 5) is 13.6. The SMILES string of the molecule is Fc1ccc2nc(C3CC3)c(-c3cncc(Nc4ccc(OC(F)F)cc4)n3)n2c1. The molecule has 1 saturated carbocycles. The summed E-state index contributed by atoms with van der Waals surface area (Å²) in [6, 6.07) is 9.10. The molecule has 30 heavy (non-hydrogen) atoms. The lowest BCUT2D eigenvalue weighted by Gasteiger charge is -2.09. The van der Waals surface area contributed by atoms with Gasteiger partial charge in [0.15, 0.2) is 0 Å². The normalized spacial score (nSPS) is 13.7. The van der Waals surface area contributed by atoms with Crippen LogP contribution in [-0.2, 0) is 0 Å². The number of halogens is 3. The molecule has 9 heteroatoms. The van der Waals surface area contributed by atoms with Crippen molar-refractivity contribution in [3.8, 4) is 17.1 Å². The number of alkyl halides is 2. The summed E-state index contributed by atoms with van der Waals surface area (Å²) in [6.07, 6.45) is 6.64. The van der Waals surface area contributed by atoms with Gasteiger partial charge in [-0.15, -0.1) is 0 Å². The predicted molar refractivity (Wildman–Crippen MR) is 105 cm³/mol. The maximum Gasteiger partial charge on any atom is 0.387 e. The number of fused-ring (bicyclic) bond motifs is 1. The van der Waals surface area contributed by atoms with Crippen molar-refractivity contribution in [3.63, 3.8) is 0 Å². The van der Waals surface area contributed by atoms with Crippen LogP contribution in [0.2, 0.25) is 0 Å². The second-order valence-electron chi connectivity index (χ2n) is 7.01. The summed E-state index contributed by atoms with van der Waals surface area (Å²) in [7, 11) is 0. The minimum atomic E-state index is -2.87. The minimum absolute atomic E-state index is 0.0669. The van der Waals surface area contributed by atoms with Crippen LogP contribution in [0.4, 0.5) is 24.7 Å². The molecule has 0 spiro atoms. The molecule has 1 aliphatic rings. The van der Waals surface area contributed by atoms with Gasteiger partial charge in [-0.2, -0.15) is 8.78 Å². The summed E-state index contributed by atoms with van der Waals surface area (Å²) in [5.74, 6) is 0.501. The van der Waals surface area contributed by atoms with Crippen LogP contribution in [-0.4, -0.2) is 26.0 Å². The Morgan fingerprint density at radius 2 is 1.83 bits per heavy atom. The van der Waals surface area contributed by atoms with E-state index in [1.54, 1.807) is 35.0 Å². The van der Waals surface area contributed by atoms with Crippen molar-refractivity contribution < 1.29 is 17.9 Å². The molecule has 0 saturated heterocycles. The van der Waals surface area contributed by atoms with Crippen molar-refractivity contribution in [1.82, 2.24) is 19.4 Å². The van der Waals surface area contributed by atoms with Crippen LogP contribution < -0.4 is 10.1 Å². The molecule has 0 aliphatic heterocycles. The van der Waals surface area contributed by atoms with Crippen molar-refractivity contribution >= 4 is 17.2 Å². The van der Waals surface area contributed by atoms with Crippen molar-refractivity contribution in [2.24, 2.45) is 0 Å². The number of aromatic nitrogens is 4. The maximum absolute atomic E-state index is 13.9. The number of nitrogens with zero attached hydrogens (tertiary/aromatic N) is 4. The lowest BCUT2D eigenvalue weighted by atomic mass is 10.2. The first-order valence-electron chi connectivity index (χ1n) is 9.38. The van der Waals surface area contributed by atoms with Gasteiger partial charge in [-0.25, -0.2) is 14.4 Å². The van der Waals surface area contributed by atoms with Crippen molar-refractivity contribution in [2.45, 2.75) is 25.4 Å². The van der Waals surface area contributed by atoms with Crippen molar-refractivity contribution in [3.05, 3.63) is 66.5 Å². The molecule has 1 N–H and O–H groups in total. The van der Waals surface area contributed by atoms with Crippen LogP contribution in [0.25, 0.3) is 17.0 Å². The molecule has 6 nitrogen and oxygen atoms in total. The monoisotopic (exact) mass is 411 g/mol. The number of rotatable bonds is 6. The fourth-order valence-corrected chi connectivity index (χ4v) is 3.34. The van der Waals surface area contributed by atoms with Gasteiger partial charge < -0.3 is 10.1 Å². The average Bonchev–Trinajstić information content (AvgIpc) is 3.50. The minimum Gasteiger partial charge on any atom is -0.435 e. The van der Waals surface area contributed by atoms with Gasteiger partial charge >= 0.3 is 6.61 Å². The Balaban J connectivity index is 1.48. The lowest BCUT2D eigenvalue weighted by molar-refractivity contribution is -0.0498. The second-order valence-corrected chi connectivity index (χ2v) is 7.01. The molecule has 1 aliphatic carbocycles. The van der Waals surface area contributed by atoms with E-state index in [1.807, 2.05) is 0 Å². The van der Waals surface area contributed by atoms with E-state index in [2.05, 4.69) is 25.0 Å². The quantitative estimate of drug-likeness (QED) is 0.475. The van der Waals surface area contributed by atoms with Gasteiger partial charge in [-0.3, -0.25) is 9.38 Å². The highest BCUT2D eigenvalue weighted by Gasteiger charge is 2.31. The van der Waals surface area contributed by atoms with Crippen LogP contribution >= 0.6 is 0 Å². The fraction of sp³-hybridized carbons (Fsp3) is 0.190. The Kier molecular flexibility index (Phi) is 4.50. The van der Waals surface area contributed by atoms with E-state index < -0.39 is 6.61 Å². The van der Waals surface area contributed by atoms with E-state index in [0.29, 0.717) is 28.8 Å². The highest BCUT2D eigenvalue weighted by Crippen LogP contribution is 2.44. The first-order chi connectivity index (χ1) is 14.6. The highest BCUT2D eigenvalue weighted by atomic mass is 19.3. The molecule has 3 heterocycles. The Morgan fingerprint density at radius 3 is 2.57 bits per heavy atom. The molecule has 1 aromatic carbocycles. The summed E-state index contributed by atoms with van der Waals surface area (Å²) in [5, 5.41) is 3.09. The number of benzene rings is 1. The Labute approximate surface area is 169 Å². The van der Waals surface area contributed by atoms with Gasteiger partial charge in [0.2, 0.25) is 0 Å². The number of imidazole rings is 1. The number of nitrogens with one attached hydrogen (secondary N) is 1. The second kappa shape index (κ2) is 7.33. The van der Waals surface area contributed by atoms with Crippen LogP contribution in [0.3, 0.4) is 0 Å². The molecule has 3 aromatic heterocycles. The lowest BCUT2D eigenvalue weighted by Crippen LogP contribution is -2.02. The topological polar surface area (TPSA) is 64.3 Å². The summed E-state index contributed by atoms with van der Waals surface area (Å²) < 4.78 is 44.5. The standard InChI is InChI=1S/C21H16F3N5O/c22-13-3-8-18-28-19(12-1-2-12)20(29(18)11-13)16-9-25-10-17(27-16)26-14-4-6-15(7-5-14)30-21(23)24/h3-12,21H,1-2H2,(H,26,27). The largest absolute Gasteiger partial charge is 0.435 e. The summed E-state index contributed by atoms with van der Waals surface area (Å²) in [5.41, 5.74) is 3.47. The van der Waals surface area contributed by atoms with E-state index >= 15 is 0 Å². The number of hydrogen-bond donors (Lipinski definition) is 1. The molecule has 5 rings (SSSR count). The Bertz CT molecular complexity index is 1210. The Hall–Kier alpha value is -3.62. The zero-order chi connectivity index (χ0) is 20.7. The smallest absolute Gasteiger partial charge is 0.387 e. The van der Waals surface area contributed by atoms with E-state index in [1.165, 1.54) is 24.4 Å². The molecule has 0 atom stereocenters. The third-order valence-corrected chi connectivity index (χ3v) is 4.80. The summed E-state index contributed by atoms with van der Waals surface area (Å²) in [6.45, 7) is -2.87. The van der Waals surface area contributed by atoms with Gasteiger partial charge in [0.1, 0.15) is 28.7 Å². The average molecular weight is 411 g/mol. The van der Waals surface area contributed by atoms with Gasteiger partial charge in [-0.1, -0.05) is 0 Å². The molecule has 4 aromatic rings. The summed E-state index contributed by atoms with van der Waals surface area (Å²) >= 11 is 0. The third kappa shape index (κ3) is 3.66. The molecule has 0 amide bonds. The zero-order valence-corrected chi connectivity index (χ0v) is 15.6. The third-order valence-electron chi connectivity index (χ3n) is 4.80. The molecular formula is C21H16F3N5O. The zero-order valence-electron chi connectivity index (χ0n) is 15.6. The van der Waals surface area contributed by atoms with Gasteiger partial charge in [-0.05, 0) is 49.2 Å². The molecular weight excluding hydrogens is 395 g/mol. The highest BCUT2D eigenvalue weighted by molar-refractivity contribution is 5.67. The Morgan fingerprint density at radius 1 is 1.03 bits per heavy atom. The predicted octanol–water partition coefficient (Wildman–Crippen LogP) is 5.15. The molecule has 0 bridgehead atoms.